The summed E-state index contributed by atoms with van der Waals surface area (Å²) in [5.41, 5.74) is 2.73. The molecule has 0 aromatic carbocycles. The Balaban J connectivity index is 2.11. The van der Waals surface area contributed by atoms with Gasteiger partial charge in [-0.25, -0.2) is 0 Å². The molecule has 0 radical (unpaired) electrons. The molecular weight excluding hydrogens is 292 g/mol. The molecule has 0 aliphatic heterocycles. The number of pyridine rings is 2. The van der Waals surface area contributed by atoms with E-state index in [9.17, 15) is 5.11 Å². The largest absolute Gasteiger partial charge is 0.386 e. The van der Waals surface area contributed by atoms with Gasteiger partial charge in [0.25, 0.3) is 0 Å². The molecule has 1 N–H and O–H groups in total. The van der Waals surface area contributed by atoms with Crippen LogP contribution in [0.25, 0.3) is 0 Å². The third kappa shape index (κ3) is 3.15. The zero-order valence-electron chi connectivity index (χ0n) is 10.2. The monoisotopic (exact) mass is 306 g/mol. The molecule has 2 aromatic heterocycles. The van der Waals surface area contributed by atoms with Crippen LogP contribution in [0.4, 0.5) is 0 Å². The molecule has 3 nitrogen and oxygen atoms in total. The van der Waals surface area contributed by atoms with E-state index in [4.69, 9.17) is 0 Å². The Labute approximate surface area is 115 Å². The second kappa shape index (κ2) is 6.07. The van der Waals surface area contributed by atoms with Crippen molar-refractivity contribution < 1.29 is 5.11 Å². The van der Waals surface area contributed by atoms with Crippen molar-refractivity contribution in [2.75, 3.05) is 0 Å². The van der Waals surface area contributed by atoms with Gasteiger partial charge in [-0.15, -0.1) is 0 Å². The summed E-state index contributed by atoms with van der Waals surface area (Å²) < 4.78 is 0.822. The van der Waals surface area contributed by atoms with Crippen LogP contribution in [0.2, 0.25) is 0 Å². The van der Waals surface area contributed by atoms with E-state index in [0.717, 1.165) is 16.6 Å². The molecule has 0 bridgehead atoms. The molecule has 2 rings (SSSR count). The maximum Gasteiger partial charge on any atom is 0.103 e. The van der Waals surface area contributed by atoms with Crippen LogP contribution in [0.1, 0.15) is 30.0 Å². The fourth-order valence-electron chi connectivity index (χ4n) is 1.72. The first-order chi connectivity index (χ1) is 8.70. The van der Waals surface area contributed by atoms with Gasteiger partial charge >= 0.3 is 0 Å². The van der Waals surface area contributed by atoms with Crippen molar-refractivity contribution in [3.63, 3.8) is 0 Å². The van der Waals surface area contributed by atoms with Crippen molar-refractivity contribution >= 4 is 15.9 Å². The lowest BCUT2D eigenvalue weighted by atomic mass is 10.1. The Morgan fingerprint density at radius 3 is 2.72 bits per heavy atom. The van der Waals surface area contributed by atoms with Crippen molar-refractivity contribution in [3.8, 4) is 0 Å². The minimum atomic E-state index is -0.638. The zero-order chi connectivity index (χ0) is 13.0. The normalized spacial score (nSPS) is 12.4. The van der Waals surface area contributed by atoms with Gasteiger partial charge in [-0.05, 0) is 46.1 Å². The Kier molecular flexibility index (Phi) is 4.44. The van der Waals surface area contributed by atoms with Gasteiger partial charge in [-0.3, -0.25) is 9.97 Å². The van der Waals surface area contributed by atoms with Crippen LogP contribution in [0.15, 0.2) is 41.1 Å². The third-order valence-corrected chi connectivity index (χ3v) is 3.47. The fourth-order valence-corrected chi connectivity index (χ4v) is 2.24. The van der Waals surface area contributed by atoms with Gasteiger partial charge in [0.1, 0.15) is 6.10 Å². The maximum absolute atomic E-state index is 10.1. The molecule has 1 unspecified atom stereocenters. The summed E-state index contributed by atoms with van der Waals surface area (Å²) in [6, 6.07) is 7.70. The first kappa shape index (κ1) is 13.2. The molecule has 0 spiro atoms. The molecule has 0 aliphatic rings. The number of aliphatic hydroxyl groups excluding tert-OH is 1. The van der Waals surface area contributed by atoms with Gasteiger partial charge in [0.2, 0.25) is 0 Å². The summed E-state index contributed by atoms with van der Waals surface area (Å²) in [6.45, 7) is 2.09. The van der Waals surface area contributed by atoms with E-state index >= 15 is 0 Å². The molecule has 94 valence electrons. The number of aryl methyl sites for hydroxylation is 1. The molecule has 0 amide bonds. The molecule has 4 heteroatoms. The molecule has 0 aliphatic carbocycles. The van der Waals surface area contributed by atoms with Gasteiger partial charge in [0.15, 0.2) is 0 Å². The van der Waals surface area contributed by atoms with Crippen LogP contribution in [0.5, 0.6) is 0 Å². The van der Waals surface area contributed by atoms with Crippen LogP contribution in [-0.4, -0.2) is 15.1 Å². The van der Waals surface area contributed by atoms with Crippen LogP contribution in [0, 0.1) is 0 Å². The topological polar surface area (TPSA) is 46.0 Å². The molecule has 0 saturated heterocycles. The van der Waals surface area contributed by atoms with Crippen LogP contribution in [-0.2, 0) is 12.8 Å². The van der Waals surface area contributed by atoms with Crippen LogP contribution < -0.4 is 0 Å². The number of hydrogen-bond donors (Lipinski definition) is 1. The van der Waals surface area contributed by atoms with E-state index in [-0.39, 0.29) is 0 Å². The molecule has 2 heterocycles. The molecule has 1 atom stereocenters. The summed E-state index contributed by atoms with van der Waals surface area (Å²) >= 11 is 3.39. The summed E-state index contributed by atoms with van der Waals surface area (Å²) in [6.07, 6.45) is 4.34. The number of rotatable bonds is 4. The van der Waals surface area contributed by atoms with E-state index in [1.54, 1.807) is 6.20 Å². The highest BCUT2D eigenvalue weighted by atomic mass is 79.9. The van der Waals surface area contributed by atoms with E-state index in [1.165, 1.54) is 5.56 Å². The molecule has 18 heavy (non-hydrogen) atoms. The predicted molar refractivity (Wildman–Crippen MR) is 74.2 cm³/mol. The SMILES string of the molecule is CCc1ccc(CC(O)c2ncccc2Br)nc1. The zero-order valence-corrected chi connectivity index (χ0v) is 11.8. The van der Waals surface area contributed by atoms with Crippen molar-refractivity contribution in [2.45, 2.75) is 25.9 Å². The van der Waals surface area contributed by atoms with Gasteiger partial charge < -0.3 is 5.11 Å². The molecule has 0 fully saturated rings. The van der Waals surface area contributed by atoms with E-state index in [2.05, 4.69) is 32.8 Å². The summed E-state index contributed by atoms with van der Waals surface area (Å²) in [5, 5.41) is 10.1. The number of halogens is 1. The third-order valence-electron chi connectivity index (χ3n) is 2.80. The summed E-state index contributed by atoms with van der Waals surface area (Å²) in [7, 11) is 0. The van der Waals surface area contributed by atoms with Gasteiger partial charge in [-0.1, -0.05) is 13.0 Å². The number of nitrogens with zero attached hydrogens (tertiary/aromatic N) is 2. The van der Waals surface area contributed by atoms with Crippen molar-refractivity contribution in [2.24, 2.45) is 0 Å². The quantitative estimate of drug-likeness (QED) is 0.944. The highest BCUT2D eigenvalue weighted by Crippen LogP contribution is 2.23. The van der Waals surface area contributed by atoms with Crippen molar-refractivity contribution in [3.05, 3.63) is 58.1 Å². The summed E-state index contributed by atoms with van der Waals surface area (Å²) in [5.74, 6) is 0. The number of aliphatic hydroxyl groups is 1. The Morgan fingerprint density at radius 2 is 2.11 bits per heavy atom. The van der Waals surface area contributed by atoms with Gasteiger partial charge in [0.05, 0.1) is 5.69 Å². The van der Waals surface area contributed by atoms with E-state index < -0.39 is 6.10 Å². The lowest BCUT2D eigenvalue weighted by Crippen LogP contribution is -2.06. The second-order valence-corrected chi connectivity index (χ2v) is 4.96. The van der Waals surface area contributed by atoms with Gasteiger partial charge in [-0.2, -0.15) is 0 Å². The van der Waals surface area contributed by atoms with E-state index in [1.807, 2.05) is 30.5 Å². The first-order valence-corrected chi connectivity index (χ1v) is 6.72. The standard InChI is InChI=1S/C14H15BrN2O/c1-2-10-5-6-11(17-9-10)8-13(18)14-12(15)4-3-7-16-14/h3-7,9,13,18H,2,8H2,1H3. The smallest absolute Gasteiger partial charge is 0.103 e. The minimum Gasteiger partial charge on any atom is -0.386 e. The fraction of sp³-hybridized carbons (Fsp3) is 0.286. The Bertz CT molecular complexity index is 513. The predicted octanol–water partition coefficient (Wildman–Crippen LogP) is 3.08. The van der Waals surface area contributed by atoms with Crippen molar-refractivity contribution in [1.29, 1.82) is 0 Å². The molecule has 0 saturated carbocycles. The average molecular weight is 307 g/mol. The van der Waals surface area contributed by atoms with E-state index in [0.29, 0.717) is 12.1 Å². The van der Waals surface area contributed by atoms with Crippen LogP contribution in [0.3, 0.4) is 0 Å². The maximum atomic E-state index is 10.1. The molecule has 2 aromatic rings. The highest BCUT2D eigenvalue weighted by Gasteiger charge is 2.13. The Hall–Kier alpha value is -1.26. The molecular formula is C14H15BrN2O. The second-order valence-electron chi connectivity index (χ2n) is 4.10. The average Bonchev–Trinajstić information content (AvgIpc) is 2.40. The van der Waals surface area contributed by atoms with Gasteiger partial charge in [0, 0.05) is 29.0 Å². The van der Waals surface area contributed by atoms with Crippen LogP contribution >= 0.6 is 15.9 Å². The number of hydrogen-bond acceptors (Lipinski definition) is 3. The lowest BCUT2D eigenvalue weighted by molar-refractivity contribution is 0.171. The summed E-state index contributed by atoms with van der Waals surface area (Å²) in [4.78, 5) is 8.53. The lowest BCUT2D eigenvalue weighted by Gasteiger charge is -2.11. The first-order valence-electron chi connectivity index (χ1n) is 5.93. The van der Waals surface area contributed by atoms with Crippen molar-refractivity contribution in [1.82, 2.24) is 9.97 Å². The minimum absolute atomic E-state index is 0.472. The highest BCUT2D eigenvalue weighted by molar-refractivity contribution is 9.10. The number of aromatic nitrogens is 2. The Morgan fingerprint density at radius 1 is 1.28 bits per heavy atom.